The van der Waals surface area contributed by atoms with Crippen molar-refractivity contribution in [3.63, 3.8) is 0 Å². The summed E-state index contributed by atoms with van der Waals surface area (Å²) in [5.74, 6) is 0. The first-order valence-corrected chi connectivity index (χ1v) is 5.25. The van der Waals surface area contributed by atoms with Crippen molar-refractivity contribution < 1.29 is 14.6 Å². The Morgan fingerprint density at radius 1 is 1.38 bits per heavy atom. The molecule has 0 aliphatic carbocycles. The van der Waals surface area contributed by atoms with Crippen molar-refractivity contribution in [3.05, 3.63) is 35.9 Å². The van der Waals surface area contributed by atoms with Crippen molar-refractivity contribution in [2.75, 3.05) is 0 Å². The molecule has 2 N–H and O–H groups in total. The summed E-state index contributed by atoms with van der Waals surface area (Å²) in [6.45, 7) is 3.57. The number of carbonyl (C=O) groups is 1. The standard InChI is InChI=1S/C12H17NO3/c1-9(10(2)14)13-12(15)16-8-11-6-4-3-5-7-11/h3-7,9-10,14H,8H2,1-2H3,(H,13,15)/t9-,10+/m1/s1. The molecule has 0 spiro atoms. The van der Waals surface area contributed by atoms with Gasteiger partial charge < -0.3 is 15.2 Å². The number of nitrogens with one attached hydrogen (secondary N) is 1. The van der Waals surface area contributed by atoms with Crippen LogP contribution in [-0.4, -0.2) is 23.3 Å². The number of hydrogen-bond donors (Lipinski definition) is 2. The molecule has 1 aromatic rings. The van der Waals surface area contributed by atoms with Gasteiger partial charge in [-0.05, 0) is 19.4 Å². The van der Waals surface area contributed by atoms with E-state index in [1.54, 1.807) is 13.8 Å². The van der Waals surface area contributed by atoms with Gasteiger partial charge in [0.1, 0.15) is 6.61 Å². The molecule has 0 bridgehead atoms. The Hall–Kier alpha value is -1.55. The van der Waals surface area contributed by atoms with Gasteiger partial charge in [-0.2, -0.15) is 0 Å². The van der Waals surface area contributed by atoms with Crippen molar-refractivity contribution in [1.82, 2.24) is 5.32 Å². The first kappa shape index (κ1) is 12.5. The molecular formula is C12H17NO3. The molecule has 0 aliphatic heterocycles. The first-order chi connectivity index (χ1) is 7.59. The van der Waals surface area contributed by atoms with Gasteiger partial charge in [-0.15, -0.1) is 0 Å². The van der Waals surface area contributed by atoms with Crippen LogP contribution < -0.4 is 5.32 Å². The molecule has 88 valence electrons. The highest BCUT2D eigenvalue weighted by Crippen LogP contribution is 2.01. The van der Waals surface area contributed by atoms with Crippen LogP contribution in [0.1, 0.15) is 19.4 Å². The molecule has 16 heavy (non-hydrogen) atoms. The second-order valence-electron chi connectivity index (χ2n) is 3.74. The van der Waals surface area contributed by atoms with Gasteiger partial charge in [0.05, 0.1) is 12.1 Å². The average molecular weight is 223 g/mol. The number of alkyl carbamates (subject to hydrolysis) is 1. The van der Waals surface area contributed by atoms with E-state index in [0.29, 0.717) is 0 Å². The fourth-order valence-electron chi connectivity index (χ4n) is 1.07. The molecule has 0 saturated carbocycles. The van der Waals surface area contributed by atoms with E-state index in [-0.39, 0.29) is 12.6 Å². The molecule has 4 heteroatoms. The second kappa shape index (κ2) is 6.12. The minimum Gasteiger partial charge on any atom is -0.445 e. The third-order valence-corrected chi connectivity index (χ3v) is 2.28. The van der Waals surface area contributed by atoms with E-state index in [2.05, 4.69) is 5.32 Å². The predicted octanol–water partition coefficient (Wildman–Crippen LogP) is 1.68. The second-order valence-corrected chi connectivity index (χ2v) is 3.74. The normalized spacial score (nSPS) is 13.9. The molecule has 4 nitrogen and oxygen atoms in total. The molecule has 1 aromatic carbocycles. The molecule has 0 aliphatic rings. The van der Waals surface area contributed by atoms with Crippen LogP contribution in [0.2, 0.25) is 0 Å². The van der Waals surface area contributed by atoms with Crippen LogP contribution in [0, 0.1) is 0 Å². The zero-order valence-electron chi connectivity index (χ0n) is 9.51. The van der Waals surface area contributed by atoms with Crippen LogP contribution in [0.25, 0.3) is 0 Å². The van der Waals surface area contributed by atoms with Gasteiger partial charge >= 0.3 is 6.09 Å². The molecule has 0 heterocycles. The SMILES string of the molecule is C[C@H](O)[C@@H](C)NC(=O)OCc1ccccc1. The zero-order chi connectivity index (χ0) is 12.0. The average Bonchev–Trinajstić information content (AvgIpc) is 2.27. The van der Waals surface area contributed by atoms with Crippen LogP contribution >= 0.6 is 0 Å². The van der Waals surface area contributed by atoms with E-state index in [0.717, 1.165) is 5.56 Å². The highest BCUT2D eigenvalue weighted by molar-refractivity contribution is 5.67. The van der Waals surface area contributed by atoms with E-state index in [1.165, 1.54) is 0 Å². The summed E-state index contributed by atoms with van der Waals surface area (Å²) in [6, 6.07) is 9.11. The third-order valence-electron chi connectivity index (χ3n) is 2.28. The Labute approximate surface area is 95.2 Å². The number of aliphatic hydroxyl groups excluding tert-OH is 1. The molecule has 0 unspecified atom stereocenters. The Morgan fingerprint density at radius 2 is 2.00 bits per heavy atom. The van der Waals surface area contributed by atoms with Gasteiger partial charge in [-0.3, -0.25) is 0 Å². The lowest BCUT2D eigenvalue weighted by Crippen LogP contribution is -2.39. The third kappa shape index (κ3) is 4.31. The van der Waals surface area contributed by atoms with Gasteiger partial charge in [-0.1, -0.05) is 30.3 Å². The fourth-order valence-corrected chi connectivity index (χ4v) is 1.07. The largest absolute Gasteiger partial charge is 0.445 e. The van der Waals surface area contributed by atoms with Crippen LogP contribution in [-0.2, 0) is 11.3 Å². The van der Waals surface area contributed by atoms with E-state index >= 15 is 0 Å². The number of ether oxygens (including phenoxy) is 1. The minimum absolute atomic E-state index is 0.235. The smallest absolute Gasteiger partial charge is 0.407 e. The number of amides is 1. The summed E-state index contributed by atoms with van der Waals surface area (Å²) in [5.41, 5.74) is 0.933. The number of benzene rings is 1. The summed E-state index contributed by atoms with van der Waals surface area (Å²) >= 11 is 0. The Morgan fingerprint density at radius 3 is 2.56 bits per heavy atom. The minimum atomic E-state index is -0.593. The predicted molar refractivity (Wildman–Crippen MR) is 60.9 cm³/mol. The van der Waals surface area contributed by atoms with Gasteiger partial charge in [0.15, 0.2) is 0 Å². The molecule has 1 amide bonds. The van der Waals surface area contributed by atoms with Crippen LogP contribution in [0.5, 0.6) is 0 Å². The van der Waals surface area contributed by atoms with E-state index in [4.69, 9.17) is 4.74 Å². The Kier molecular flexibility index (Phi) is 4.79. The topological polar surface area (TPSA) is 58.6 Å². The highest BCUT2D eigenvalue weighted by atomic mass is 16.5. The summed E-state index contributed by atoms with van der Waals surface area (Å²) < 4.78 is 4.99. The number of aliphatic hydroxyl groups is 1. The summed E-state index contributed by atoms with van der Waals surface area (Å²) in [5, 5.41) is 11.7. The van der Waals surface area contributed by atoms with E-state index < -0.39 is 12.2 Å². The molecule has 1 rings (SSSR count). The van der Waals surface area contributed by atoms with Gasteiger partial charge in [0.25, 0.3) is 0 Å². The van der Waals surface area contributed by atoms with Crippen molar-refractivity contribution in [3.8, 4) is 0 Å². The number of carbonyl (C=O) groups excluding carboxylic acids is 1. The lowest BCUT2D eigenvalue weighted by molar-refractivity contribution is 0.113. The monoisotopic (exact) mass is 223 g/mol. The fraction of sp³-hybridized carbons (Fsp3) is 0.417. The lowest BCUT2D eigenvalue weighted by Gasteiger charge is -2.16. The molecule has 0 aromatic heterocycles. The first-order valence-electron chi connectivity index (χ1n) is 5.25. The van der Waals surface area contributed by atoms with Gasteiger partial charge in [-0.25, -0.2) is 4.79 Å². The summed E-state index contributed by atoms with van der Waals surface area (Å²) in [4.78, 5) is 11.3. The maximum atomic E-state index is 11.3. The van der Waals surface area contributed by atoms with Crippen molar-refractivity contribution in [2.24, 2.45) is 0 Å². The summed E-state index contributed by atoms with van der Waals surface area (Å²) in [7, 11) is 0. The van der Waals surface area contributed by atoms with Gasteiger partial charge in [0, 0.05) is 0 Å². The Balaban J connectivity index is 2.31. The maximum Gasteiger partial charge on any atom is 0.407 e. The van der Waals surface area contributed by atoms with Crippen molar-refractivity contribution in [2.45, 2.75) is 32.6 Å². The van der Waals surface area contributed by atoms with E-state index in [9.17, 15) is 9.90 Å². The molecule has 2 atom stereocenters. The maximum absolute atomic E-state index is 11.3. The molecular weight excluding hydrogens is 206 g/mol. The van der Waals surface area contributed by atoms with Crippen molar-refractivity contribution in [1.29, 1.82) is 0 Å². The van der Waals surface area contributed by atoms with Crippen LogP contribution in [0.15, 0.2) is 30.3 Å². The molecule has 0 radical (unpaired) electrons. The Bertz CT molecular complexity index is 324. The van der Waals surface area contributed by atoms with Crippen LogP contribution in [0.4, 0.5) is 4.79 Å². The quantitative estimate of drug-likeness (QED) is 0.816. The zero-order valence-corrected chi connectivity index (χ0v) is 9.51. The molecule has 0 fully saturated rings. The molecule has 0 saturated heterocycles. The highest BCUT2D eigenvalue weighted by Gasteiger charge is 2.12. The lowest BCUT2D eigenvalue weighted by atomic mass is 10.2. The number of hydrogen-bond acceptors (Lipinski definition) is 3. The number of rotatable bonds is 4. The van der Waals surface area contributed by atoms with E-state index in [1.807, 2.05) is 30.3 Å². The summed E-state index contributed by atoms with van der Waals surface area (Å²) in [6.07, 6.45) is -1.11. The van der Waals surface area contributed by atoms with Crippen LogP contribution in [0.3, 0.4) is 0 Å². The van der Waals surface area contributed by atoms with Crippen molar-refractivity contribution >= 4 is 6.09 Å². The van der Waals surface area contributed by atoms with Gasteiger partial charge in [0.2, 0.25) is 0 Å².